The van der Waals surface area contributed by atoms with Crippen LogP contribution in [0.1, 0.15) is 16.8 Å². The summed E-state index contributed by atoms with van der Waals surface area (Å²) in [6.07, 6.45) is -3.12. The lowest BCUT2D eigenvalue weighted by atomic mass is 9.88. The van der Waals surface area contributed by atoms with Crippen molar-refractivity contribution in [3.63, 3.8) is 0 Å². The monoisotopic (exact) mass is 362 g/mol. The topological polar surface area (TPSA) is 89.0 Å². The van der Waals surface area contributed by atoms with Gasteiger partial charge in [-0.25, -0.2) is 4.98 Å². The van der Waals surface area contributed by atoms with Crippen LogP contribution >= 0.6 is 0 Å². The molecule has 1 unspecified atom stereocenters. The Hall–Kier alpha value is -2.36. The van der Waals surface area contributed by atoms with Gasteiger partial charge in [0.25, 0.3) is 5.91 Å². The summed E-state index contributed by atoms with van der Waals surface area (Å²) < 4.78 is 45.7. The molecule has 0 aromatic carbocycles. The number of carboxylic acid groups (broad SMARTS) is 1. The molecule has 10 heteroatoms. The summed E-state index contributed by atoms with van der Waals surface area (Å²) in [6.45, 7) is -1.27. The van der Waals surface area contributed by atoms with Crippen molar-refractivity contribution >= 4 is 11.9 Å². The molecule has 1 aliphatic rings. The van der Waals surface area contributed by atoms with Crippen molar-refractivity contribution in [1.29, 1.82) is 0 Å². The predicted octanol–water partition coefficient (Wildman–Crippen LogP) is 1.59. The number of carbonyl (C=O) groups excluding carboxylic acids is 1. The van der Waals surface area contributed by atoms with Gasteiger partial charge in [0.2, 0.25) is 5.88 Å². The number of carboxylic acids is 1. The third-order valence-corrected chi connectivity index (χ3v) is 3.88. The molecule has 25 heavy (non-hydrogen) atoms. The second-order valence-electron chi connectivity index (χ2n) is 5.78. The van der Waals surface area contributed by atoms with Crippen LogP contribution < -0.4 is 4.74 Å². The Kier molecular flexibility index (Phi) is 5.51. The van der Waals surface area contributed by atoms with Gasteiger partial charge in [-0.1, -0.05) is 0 Å². The Morgan fingerprint density at radius 1 is 1.40 bits per heavy atom. The fraction of sp³-hybridized carbons (Fsp3) is 0.533. The van der Waals surface area contributed by atoms with Crippen LogP contribution in [0.4, 0.5) is 13.2 Å². The summed E-state index contributed by atoms with van der Waals surface area (Å²) in [5, 5.41) is 9.39. The number of rotatable bonds is 6. The molecule has 0 spiro atoms. The normalized spacial score (nSPS) is 20.6. The fourth-order valence-corrected chi connectivity index (χ4v) is 2.61. The molecule has 1 aromatic rings. The maximum absolute atomic E-state index is 12.4. The molecular weight excluding hydrogens is 345 g/mol. The van der Waals surface area contributed by atoms with Crippen LogP contribution in [-0.4, -0.2) is 66.5 Å². The van der Waals surface area contributed by atoms with E-state index in [1.165, 1.54) is 18.1 Å². The Balaban J connectivity index is 2.02. The molecule has 7 nitrogen and oxygen atoms in total. The molecule has 1 saturated heterocycles. The Labute approximate surface area is 141 Å². The molecule has 0 radical (unpaired) electrons. The van der Waals surface area contributed by atoms with Crippen LogP contribution in [0.15, 0.2) is 18.3 Å². The van der Waals surface area contributed by atoms with E-state index in [1.54, 1.807) is 0 Å². The van der Waals surface area contributed by atoms with E-state index in [1.807, 2.05) is 0 Å². The lowest BCUT2D eigenvalue weighted by Gasteiger charge is -2.23. The number of alkyl halides is 3. The predicted molar refractivity (Wildman–Crippen MR) is 78.3 cm³/mol. The first-order valence-corrected chi connectivity index (χ1v) is 7.34. The van der Waals surface area contributed by atoms with E-state index in [4.69, 9.17) is 4.74 Å². The second kappa shape index (κ2) is 7.26. The average molecular weight is 362 g/mol. The van der Waals surface area contributed by atoms with Crippen LogP contribution in [0.2, 0.25) is 0 Å². The standard InChI is InChI=1S/C15H17F3N2O5/c1-24-8-14(13(22)23)4-5-20(7-14)12(21)10-2-3-11(19-6-10)25-9-15(16,17)18/h2-3,6H,4-5,7-9H2,1H3,(H,22,23). The van der Waals surface area contributed by atoms with Crippen LogP contribution in [0.5, 0.6) is 5.88 Å². The minimum absolute atomic E-state index is 0.0126. The fourth-order valence-electron chi connectivity index (χ4n) is 2.61. The summed E-state index contributed by atoms with van der Waals surface area (Å²) in [4.78, 5) is 28.9. The molecule has 2 heterocycles. The number of hydrogen-bond acceptors (Lipinski definition) is 5. The lowest BCUT2D eigenvalue weighted by molar-refractivity contribution is -0.154. The van der Waals surface area contributed by atoms with Gasteiger partial charge in [-0.05, 0) is 12.5 Å². The molecule has 138 valence electrons. The van der Waals surface area contributed by atoms with Crippen molar-refractivity contribution in [2.24, 2.45) is 5.41 Å². The van der Waals surface area contributed by atoms with Crippen LogP contribution in [0, 0.1) is 5.41 Å². The summed E-state index contributed by atoms with van der Waals surface area (Å²) in [7, 11) is 1.39. The van der Waals surface area contributed by atoms with Gasteiger partial charge in [0.15, 0.2) is 6.61 Å². The third kappa shape index (κ3) is 4.59. The van der Waals surface area contributed by atoms with Crippen LogP contribution in [0.25, 0.3) is 0 Å². The van der Waals surface area contributed by atoms with Gasteiger partial charge in [0, 0.05) is 32.5 Å². The first-order chi connectivity index (χ1) is 11.7. The molecule has 0 saturated carbocycles. The van der Waals surface area contributed by atoms with Gasteiger partial charge in [-0.2, -0.15) is 13.2 Å². The summed E-state index contributed by atoms with van der Waals surface area (Å²) in [5.41, 5.74) is -1.02. The highest BCUT2D eigenvalue weighted by Crippen LogP contribution is 2.32. The number of nitrogens with zero attached hydrogens (tertiary/aromatic N) is 2. The van der Waals surface area contributed by atoms with Crippen molar-refractivity contribution in [1.82, 2.24) is 9.88 Å². The molecule has 2 rings (SSSR count). The number of methoxy groups -OCH3 is 1. The number of pyridine rings is 1. The highest BCUT2D eigenvalue weighted by Gasteiger charge is 2.46. The Morgan fingerprint density at radius 3 is 2.64 bits per heavy atom. The van der Waals surface area contributed by atoms with Crippen molar-refractivity contribution in [2.45, 2.75) is 12.6 Å². The number of aromatic nitrogens is 1. The highest BCUT2D eigenvalue weighted by atomic mass is 19.4. The lowest BCUT2D eigenvalue weighted by Crippen LogP contribution is -2.40. The van der Waals surface area contributed by atoms with E-state index < -0.39 is 30.1 Å². The van der Waals surface area contributed by atoms with E-state index in [9.17, 15) is 27.9 Å². The number of amides is 1. The van der Waals surface area contributed by atoms with Gasteiger partial charge < -0.3 is 19.5 Å². The molecule has 0 aliphatic carbocycles. The van der Waals surface area contributed by atoms with E-state index >= 15 is 0 Å². The molecule has 1 N–H and O–H groups in total. The zero-order valence-corrected chi connectivity index (χ0v) is 13.4. The number of carbonyl (C=O) groups is 2. The maximum Gasteiger partial charge on any atom is 0.422 e. The Bertz CT molecular complexity index is 635. The van der Waals surface area contributed by atoms with Crippen LogP contribution in [0.3, 0.4) is 0 Å². The van der Waals surface area contributed by atoms with Crippen molar-refractivity contribution < 1.29 is 37.3 Å². The largest absolute Gasteiger partial charge is 0.481 e. The zero-order chi connectivity index (χ0) is 18.7. The molecule has 1 aliphatic heterocycles. The maximum atomic E-state index is 12.4. The number of aliphatic carboxylic acids is 1. The summed E-state index contributed by atoms with van der Waals surface area (Å²) >= 11 is 0. The summed E-state index contributed by atoms with van der Waals surface area (Å²) in [5.74, 6) is -1.75. The van der Waals surface area contributed by atoms with Gasteiger partial charge in [-0.15, -0.1) is 0 Å². The Morgan fingerprint density at radius 2 is 2.12 bits per heavy atom. The van der Waals surface area contributed by atoms with E-state index in [-0.39, 0.29) is 37.6 Å². The van der Waals surface area contributed by atoms with Crippen molar-refractivity contribution in [3.05, 3.63) is 23.9 Å². The van der Waals surface area contributed by atoms with Gasteiger partial charge in [0.05, 0.1) is 12.2 Å². The molecule has 1 fully saturated rings. The van der Waals surface area contributed by atoms with Gasteiger partial charge >= 0.3 is 12.1 Å². The molecular formula is C15H17F3N2O5. The molecule has 1 amide bonds. The number of halogens is 3. The zero-order valence-electron chi connectivity index (χ0n) is 13.4. The summed E-state index contributed by atoms with van der Waals surface area (Å²) in [6, 6.07) is 2.45. The first-order valence-electron chi connectivity index (χ1n) is 7.34. The minimum atomic E-state index is -4.48. The first kappa shape index (κ1) is 19.0. The third-order valence-electron chi connectivity index (χ3n) is 3.88. The molecule has 1 atom stereocenters. The van der Waals surface area contributed by atoms with E-state index in [0.717, 1.165) is 12.3 Å². The van der Waals surface area contributed by atoms with Gasteiger partial charge in [0.1, 0.15) is 5.41 Å². The van der Waals surface area contributed by atoms with E-state index in [2.05, 4.69) is 9.72 Å². The molecule has 1 aromatic heterocycles. The smallest absolute Gasteiger partial charge is 0.422 e. The van der Waals surface area contributed by atoms with E-state index in [0.29, 0.717) is 0 Å². The minimum Gasteiger partial charge on any atom is -0.481 e. The number of hydrogen-bond donors (Lipinski definition) is 1. The SMILES string of the molecule is COCC1(C(=O)O)CCN(C(=O)c2ccc(OCC(F)(F)F)nc2)C1. The second-order valence-corrected chi connectivity index (χ2v) is 5.78. The average Bonchev–Trinajstić information content (AvgIpc) is 2.98. The molecule has 0 bridgehead atoms. The highest BCUT2D eigenvalue weighted by molar-refractivity contribution is 5.94. The number of likely N-dealkylation sites (tertiary alicyclic amines) is 1. The van der Waals surface area contributed by atoms with Crippen LogP contribution in [-0.2, 0) is 9.53 Å². The quantitative estimate of drug-likeness (QED) is 0.827. The van der Waals surface area contributed by atoms with Crippen molar-refractivity contribution in [2.75, 3.05) is 33.4 Å². The number of ether oxygens (including phenoxy) is 2. The van der Waals surface area contributed by atoms with Crippen molar-refractivity contribution in [3.8, 4) is 5.88 Å². The van der Waals surface area contributed by atoms with Gasteiger partial charge in [-0.3, -0.25) is 9.59 Å².